The zero-order valence-electron chi connectivity index (χ0n) is 14.9. The van der Waals surface area contributed by atoms with E-state index in [0.29, 0.717) is 0 Å². The smallest absolute Gasteiger partial charge is 0.229 e. The second-order valence-electron chi connectivity index (χ2n) is 6.98. The molecular formula is C20H24N2O2. The molecule has 2 rings (SSSR count). The molecule has 0 saturated heterocycles. The summed E-state index contributed by atoms with van der Waals surface area (Å²) in [5.74, 6) is -0.179. The van der Waals surface area contributed by atoms with Gasteiger partial charge in [-0.15, -0.1) is 0 Å². The monoisotopic (exact) mass is 324 g/mol. The van der Waals surface area contributed by atoms with Crippen LogP contribution in [0.2, 0.25) is 0 Å². The number of carbonyl (C=O) groups is 2. The van der Waals surface area contributed by atoms with Gasteiger partial charge in [-0.25, -0.2) is 0 Å². The number of nitrogens with one attached hydrogen (secondary N) is 2. The summed E-state index contributed by atoms with van der Waals surface area (Å²) in [5.41, 5.74) is 3.78. The maximum absolute atomic E-state index is 12.4. The standard InChI is InChI=1S/C20H24N2O2/c1-13-10-11-16(18(12-13)22-19(24)20(3,4)5)15-8-6-7-9-17(15)21-14(2)23/h6-12H,1-5H3,(H,21,23)(H,22,24). The second kappa shape index (κ2) is 6.87. The molecule has 0 bridgehead atoms. The number of para-hydroxylation sites is 1. The Hall–Kier alpha value is -2.62. The van der Waals surface area contributed by atoms with Crippen molar-refractivity contribution in [3.05, 3.63) is 48.0 Å². The average molecular weight is 324 g/mol. The summed E-state index contributed by atoms with van der Waals surface area (Å²) in [7, 11) is 0. The van der Waals surface area contributed by atoms with Crippen LogP contribution in [0.15, 0.2) is 42.5 Å². The van der Waals surface area contributed by atoms with Crippen LogP contribution < -0.4 is 10.6 Å². The minimum atomic E-state index is -0.488. The molecule has 4 nitrogen and oxygen atoms in total. The van der Waals surface area contributed by atoms with Gasteiger partial charge in [0, 0.05) is 34.8 Å². The Morgan fingerprint density at radius 3 is 2.12 bits per heavy atom. The first-order valence-corrected chi connectivity index (χ1v) is 7.97. The van der Waals surface area contributed by atoms with Crippen LogP contribution in [0.1, 0.15) is 33.3 Å². The fourth-order valence-corrected chi connectivity index (χ4v) is 2.32. The van der Waals surface area contributed by atoms with E-state index in [4.69, 9.17) is 0 Å². The molecule has 0 saturated carbocycles. The van der Waals surface area contributed by atoms with Gasteiger partial charge in [0.15, 0.2) is 0 Å². The van der Waals surface area contributed by atoms with Crippen LogP contribution in [-0.2, 0) is 9.59 Å². The second-order valence-corrected chi connectivity index (χ2v) is 6.98. The van der Waals surface area contributed by atoms with Gasteiger partial charge in [0.05, 0.1) is 0 Å². The van der Waals surface area contributed by atoms with Gasteiger partial charge in [0.1, 0.15) is 0 Å². The topological polar surface area (TPSA) is 58.2 Å². The van der Waals surface area contributed by atoms with Crippen LogP contribution in [0.3, 0.4) is 0 Å². The van der Waals surface area contributed by atoms with Crippen LogP contribution in [0.5, 0.6) is 0 Å². The molecule has 0 atom stereocenters. The van der Waals surface area contributed by atoms with Crippen molar-refractivity contribution < 1.29 is 9.59 Å². The van der Waals surface area contributed by atoms with Crippen LogP contribution >= 0.6 is 0 Å². The Kier molecular flexibility index (Phi) is 5.07. The van der Waals surface area contributed by atoms with Crippen molar-refractivity contribution in [3.63, 3.8) is 0 Å². The van der Waals surface area contributed by atoms with Gasteiger partial charge >= 0.3 is 0 Å². The van der Waals surface area contributed by atoms with E-state index in [0.717, 1.165) is 28.1 Å². The quantitative estimate of drug-likeness (QED) is 0.866. The van der Waals surface area contributed by atoms with Crippen molar-refractivity contribution in [2.24, 2.45) is 5.41 Å². The highest BCUT2D eigenvalue weighted by Crippen LogP contribution is 2.35. The van der Waals surface area contributed by atoms with Crippen molar-refractivity contribution >= 4 is 23.2 Å². The van der Waals surface area contributed by atoms with Crippen LogP contribution in [0.4, 0.5) is 11.4 Å². The third kappa shape index (κ3) is 4.22. The van der Waals surface area contributed by atoms with E-state index >= 15 is 0 Å². The molecule has 2 aromatic rings. The molecule has 2 aromatic carbocycles. The lowest BCUT2D eigenvalue weighted by Crippen LogP contribution is -2.27. The molecule has 0 fully saturated rings. The molecule has 4 heteroatoms. The highest BCUT2D eigenvalue weighted by molar-refractivity contribution is 6.01. The lowest BCUT2D eigenvalue weighted by atomic mass is 9.94. The lowest BCUT2D eigenvalue weighted by Gasteiger charge is -2.21. The van der Waals surface area contributed by atoms with Gasteiger partial charge in [-0.1, -0.05) is 51.1 Å². The SMILES string of the molecule is CC(=O)Nc1ccccc1-c1ccc(C)cc1NC(=O)C(C)(C)C. The Balaban J connectivity index is 2.52. The Morgan fingerprint density at radius 1 is 0.875 bits per heavy atom. The molecule has 0 radical (unpaired) electrons. The summed E-state index contributed by atoms with van der Waals surface area (Å²) in [4.78, 5) is 23.9. The highest BCUT2D eigenvalue weighted by Gasteiger charge is 2.22. The highest BCUT2D eigenvalue weighted by atomic mass is 16.2. The third-order valence-electron chi connectivity index (χ3n) is 3.63. The van der Waals surface area contributed by atoms with E-state index in [1.807, 2.05) is 70.2 Å². The van der Waals surface area contributed by atoms with Crippen molar-refractivity contribution in [1.29, 1.82) is 0 Å². The van der Waals surface area contributed by atoms with Crippen molar-refractivity contribution in [3.8, 4) is 11.1 Å². The first-order chi connectivity index (χ1) is 11.2. The van der Waals surface area contributed by atoms with Crippen molar-refractivity contribution in [2.45, 2.75) is 34.6 Å². The third-order valence-corrected chi connectivity index (χ3v) is 3.63. The predicted octanol–water partition coefficient (Wildman–Crippen LogP) is 4.61. The molecule has 0 unspecified atom stereocenters. The molecule has 0 spiro atoms. The Labute approximate surface area is 143 Å². The van der Waals surface area contributed by atoms with Gasteiger partial charge in [-0.05, 0) is 24.6 Å². The van der Waals surface area contributed by atoms with Crippen molar-refractivity contribution in [1.82, 2.24) is 0 Å². The van der Waals surface area contributed by atoms with Crippen LogP contribution in [0, 0.1) is 12.3 Å². The molecule has 0 aromatic heterocycles. The molecule has 24 heavy (non-hydrogen) atoms. The number of hydrogen-bond acceptors (Lipinski definition) is 2. The number of aryl methyl sites for hydroxylation is 1. The minimum absolute atomic E-state index is 0.0497. The Bertz CT molecular complexity index is 773. The normalized spacial score (nSPS) is 11.0. The van der Waals surface area contributed by atoms with E-state index < -0.39 is 5.41 Å². The van der Waals surface area contributed by atoms with E-state index in [1.165, 1.54) is 6.92 Å². The minimum Gasteiger partial charge on any atom is -0.326 e. The van der Waals surface area contributed by atoms with Gasteiger partial charge in [0.25, 0.3) is 0 Å². The van der Waals surface area contributed by atoms with Crippen molar-refractivity contribution in [2.75, 3.05) is 10.6 Å². The fraction of sp³-hybridized carbons (Fsp3) is 0.300. The molecule has 0 heterocycles. The fourth-order valence-electron chi connectivity index (χ4n) is 2.32. The molecule has 0 aliphatic carbocycles. The number of rotatable bonds is 3. The number of amides is 2. The Morgan fingerprint density at radius 2 is 1.50 bits per heavy atom. The van der Waals surface area contributed by atoms with E-state index in [1.54, 1.807) is 0 Å². The summed E-state index contributed by atoms with van der Waals surface area (Å²) in [6.45, 7) is 9.10. The molecule has 2 N–H and O–H groups in total. The summed E-state index contributed by atoms with van der Waals surface area (Å²) in [5, 5.41) is 5.86. The number of carbonyl (C=O) groups excluding carboxylic acids is 2. The zero-order valence-corrected chi connectivity index (χ0v) is 14.9. The molecule has 0 aliphatic heterocycles. The molecular weight excluding hydrogens is 300 g/mol. The van der Waals surface area contributed by atoms with E-state index in [9.17, 15) is 9.59 Å². The van der Waals surface area contributed by atoms with Gasteiger partial charge in [-0.2, -0.15) is 0 Å². The molecule has 0 aliphatic rings. The maximum Gasteiger partial charge on any atom is 0.229 e. The number of benzene rings is 2. The summed E-state index contributed by atoms with van der Waals surface area (Å²) in [6, 6.07) is 13.5. The number of anilines is 2. The van der Waals surface area contributed by atoms with Crippen LogP contribution in [-0.4, -0.2) is 11.8 Å². The largest absolute Gasteiger partial charge is 0.326 e. The average Bonchev–Trinajstić information content (AvgIpc) is 2.47. The van der Waals surface area contributed by atoms with E-state index in [2.05, 4.69) is 10.6 Å². The summed E-state index contributed by atoms with van der Waals surface area (Å²) < 4.78 is 0. The van der Waals surface area contributed by atoms with Gasteiger partial charge < -0.3 is 10.6 Å². The first kappa shape index (κ1) is 17.7. The van der Waals surface area contributed by atoms with Crippen LogP contribution in [0.25, 0.3) is 11.1 Å². The maximum atomic E-state index is 12.4. The number of hydrogen-bond donors (Lipinski definition) is 2. The van der Waals surface area contributed by atoms with Gasteiger partial charge in [0.2, 0.25) is 11.8 Å². The molecule has 126 valence electrons. The predicted molar refractivity (Wildman–Crippen MR) is 99.0 cm³/mol. The lowest BCUT2D eigenvalue weighted by molar-refractivity contribution is -0.123. The first-order valence-electron chi connectivity index (χ1n) is 7.97. The zero-order chi connectivity index (χ0) is 17.9. The van der Waals surface area contributed by atoms with Gasteiger partial charge in [-0.3, -0.25) is 9.59 Å². The molecule has 2 amide bonds. The summed E-state index contributed by atoms with van der Waals surface area (Å²) in [6.07, 6.45) is 0. The summed E-state index contributed by atoms with van der Waals surface area (Å²) >= 11 is 0. The van der Waals surface area contributed by atoms with E-state index in [-0.39, 0.29) is 11.8 Å².